The Morgan fingerprint density at radius 3 is 2.48 bits per heavy atom. The van der Waals surface area contributed by atoms with Gasteiger partial charge in [-0.15, -0.1) is 0 Å². The predicted molar refractivity (Wildman–Crippen MR) is 95.6 cm³/mol. The fraction of sp³-hybridized carbons (Fsp3) is 0.632. The maximum absolute atomic E-state index is 12.2. The second kappa shape index (κ2) is 9.56. The highest BCUT2D eigenvalue weighted by molar-refractivity contribution is 5.77. The van der Waals surface area contributed by atoms with E-state index in [4.69, 9.17) is 10.5 Å². The highest BCUT2D eigenvalue weighted by Crippen LogP contribution is 2.16. The van der Waals surface area contributed by atoms with Gasteiger partial charge in [0.2, 0.25) is 5.91 Å². The molecule has 0 saturated heterocycles. The third kappa shape index (κ3) is 7.51. The molecule has 0 saturated carbocycles. The average molecular weight is 320 g/mol. The number of benzene rings is 1. The molecular weight excluding hydrogens is 288 g/mol. The fourth-order valence-electron chi connectivity index (χ4n) is 2.72. The van der Waals surface area contributed by atoms with Gasteiger partial charge in [-0.1, -0.05) is 32.9 Å². The van der Waals surface area contributed by atoms with E-state index in [1.54, 1.807) is 0 Å². The summed E-state index contributed by atoms with van der Waals surface area (Å²) in [5, 5.41) is 3.10. The number of ether oxygens (including phenoxy) is 1. The summed E-state index contributed by atoms with van der Waals surface area (Å²) >= 11 is 0. The summed E-state index contributed by atoms with van der Waals surface area (Å²) in [6.45, 7) is 9.58. The molecule has 1 unspecified atom stereocenters. The standard InChI is InChI=1S/C19H32N2O2/c1-5-12-23-17-9-6-16(7-10-17)8-11-18(22)21-19(4,14-20)13-15(2)3/h6-7,9-10,15H,5,8,11-14,20H2,1-4H3,(H,21,22). The van der Waals surface area contributed by atoms with Gasteiger partial charge in [-0.25, -0.2) is 0 Å². The van der Waals surface area contributed by atoms with Crippen LogP contribution < -0.4 is 15.8 Å². The van der Waals surface area contributed by atoms with Gasteiger partial charge < -0.3 is 15.8 Å². The molecule has 1 rings (SSSR count). The summed E-state index contributed by atoms with van der Waals surface area (Å²) in [6.07, 6.45) is 3.09. The molecule has 1 aromatic carbocycles. The third-order valence-corrected chi connectivity index (χ3v) is 3.79. The zero-order valence-electron chi connectivity index (χ0n) is 15.0. The first-order valence-corrected chi connectivity index (χ1v) is 8.61. The largest absolute Gasteiger partial charge is 0.494 e. The maximum atomic E-state index is 12.2. The van der Waals surface area contributed by atoms with Gasteiger partial charge in [-0.3, -0.25) is 4.79 Å². The van der Waals surface area contributed by atoms with Crippen molar-refractivity contribution in [3.05, 3.63) is 29.8 Å². The van der Waals surface area contributed by atoms with Crippen LogP contribution in [-0.2, 0) is 11.2 Å². The van der Waals surface area contributed by atoms with Crippen LogP contribution in [0.4, 0.5) is 0 Å². The van der Waals surface area contributed by atoms with Gasteiger partial charge in [-0.2, -0.15) is 0 Å². The zero-order chi connectivity index (χ0) is 17.3. The molecule has 4 heteroatoms. The first kappa shape index (κ1) is 19.5. The summed E-state index contributed by atoms with van der Waals surface area (Å²) in [7, 11) is 0. The molecule has 1 amide bonds. The van der Waals surface area contributed by atoms with Gasteiger partial charge in [0, 0.05) is 18.5 Å². The monoisotopic (exact) mass is 320 g/mol. The molecule has 3 N–H and O–H groups in total. The minimum absolute atomic E-state index is 0.0601. The molecule has 1 aromatic rings. The van der Waals surface area contributed by atoms with Crippen molar-refractivity contribution in [1.29, 1.82) is 0 Å². The molecule has 0 radical (unpaired) electrons. The molecule has 0 fully saturated rings. The first-order chi connectivity index (χ1) is 10.9. The number of nitrogens with two attached hydrogens (primary N) is 1. The van der Waals surface area contributed by atoms with Crippen LogP contribution in [0.5, 0.6) is 5.75 Å². The Hall–Kier alpha value is -1.55. The van der Waals surface area contributed by atoms with Gasteiger partial charge in [0.25, 0.3) is 0 Å². The van der Waals surface area contributed by atoms with Crippen molar-refractivity contribution in [3.8, 4) is 5.75 Å². The molecule has 0 spiro atoms. The summed E-state index contributed by atoms with van der Waals surface area (Å²) in [5.74, 6) is 1.44. The van der Waals surface area contributed by atoms with Gasteiger partial charge >= 0.3 is 0 Å². The van der Waals surface area contributed by atoms with Gasteiger partial charge in [-0.05, 0) is 49.8 Å². The van der Waals surface area contributed by atoms with Crippen LogP contribution in [0.15, 0.2) is 24.3 Å². The van der Waals surface area contributed by atoms with Crippen LogP contribution in [0.3, 0.4) is 0 Å². The Balaban J connectivity index is 2.46. The van der Waals surface area contributed by atoms with Gasteiger partial charge in [0.05, 0.1) is 6.61 Å². The van der Waals surface area contributed by atoms with E-state index in [0.29, 0.717) is 18.9 Å². The smallest absolute Gasteiger partial charge is 0.220 e. The number of nitrogens with one attached hydrogen (secondary N) is 1. The van der Waals surface area contributed by atoms with Crippen molar-refractivity contribution in [2.75, 3.05) is 13.2 Å². The minimum atomic E-state index is -0.316. The van der Waals surface area contributed by atoms with E-state index in [9.17, 15) is 4.79 Å². The summed E-state index contributed by atoms with van der Waals surface area (Å²) in [6, 6.07) is 7.97. The minimum Gasteiger partial charge on any atom is -0.494 e. The molecule has 0 bridgehead atoms. The predicted octanol–water partition coefficient (Wildman–Crippen LogP) is 3.29. The van der Waals surface area contributed by atoms with Crippen molar-refractivity contribution >= 4 is 5.91 Å². The number of hydrogen-bond donors (Lipinski definition) is 2. The van der Waals surface area contributed by atoms with Crippen LogP contribution in [0.1, 0.15) is 52.5 Å². The molecule has 1 atom stereocenters. The third-order valence-electron chi connectivity index (χ3n) is 3.79. The lowest BCUT2D eigenvalue weighted by Gasteiger charge is -2.31. The number of rotatable bonds is 10. The van der Waals surface area contributed by atoms with Crippen molar-refractivity contribution in [3.63, 3.8) is 0 Å². The molecule has 130 valence electrons. The SMILES string of the molecule is CCCOc1ccc(CCC(=O)NC(C)(CN)CC(C)C)cc1. The number of hydrogen-bond acceptors (Lipinski definition) is 3. The van der Waals surface area contributed by atoms with E-state index in [1.165, 1.54) is 0 Å². The Bertz CT molecular complexity index is 471. The summed E-state index contributed by atoms with van der Waals surface area (Å²) in [5.41, 5.74) is 6.66. The topological polar surface area (TPSA) is 64.3 Å². The van der Waals surface area contributed by atoms with E-state index in [1.807, 2.05) is 31.2 Å². The van der Waals surface area contributed by atoms with Crippen LogP contribution in [-0.4, -0.2) is 24.6 Å². The molecule has 4 nitrogen and oxygen atoms in total. The Kier molecular flexibility index (Phi) is 8.10. The lowest BCUT2D eigenvalue weighted by atomic mass is 9.90. The number of aryl methyl sites for hydroxylation is 1. The summed E-state index contributed by atoms with van der Waals surface area (Å²) in [4.78, 5) is 12.2. The van der Waals surface area contributed by atoms with Crippen molar-refractivity contribution in [1.82, 2.24) is 5.32 Å². The molecule has 0 aliphatic heterocycles. The molecule has 0 aliphatic rings. The lowest BCUT2D eigenvalue weighted by molar-refractivity contribution is -0.122. The van der Waals surface area contributed by atoms with Crippen LogP contribution >= 0.6 is 0 Å². The lowest BCUT2D eigenvalue weighted by Crippen LogP contribution is -2.52. The Labute approximate surface area is 140 Å². The maximum Gasteiger partial charge on any atom is 0.220 e. The number of carbonyl (C=O) groups is 1. The second-order valence-electron chi connectivity index (χ2n) is 6.90. The normalized spacial score (nSPS) is 13.7. The highest BCUT2D eigenvalue weighted by atomic mass is 16.5. The number of amides is 1. The fourth-order valence-corrected chi connectivity index (χ4v) is 2.72. The Morgan fingerprint density at radius 2 is 1.96 bits per heavy atom. The van der Waals surface area contributed by atoms with E-state index < -0.39 is 0 Å². The van der Waals surface area contributed by atoms with E-state index >= 15 is 0 Å². The van der Waals surface area contributed by atoms with E-state index in [-0.39, 0.29) is 11.4 Å². The van der Waals surface area contributed by atoms with Crippen LogP contribution in [0, 0.1) is 5.92 Å². The molecule has 0 heterocycles. The van der Waals surface area contributed by atoms with Crippen LogP contribution in [0.25, 0.3) is 0 Å². The highest BCUT2D eigenvalue weighted by Gasteiger charge is 2.25. The molecule has 0 aliphatic carbocycles. The first-order valence-electron chi connectivity index (χ1n) is 8.61. The quantitative estimate of drug-likeness (QED) is 0.695. The van der Waals surface area contributed by atoms with Crippen molar-refractivity contribution in [2.24, 2.45) is 11.7 Å². The van der Waals surface area contributed by atoms with E-state index in [2.05, 4.69) is 26.1 Å². The Morgan fingerprint density at radius 1 is 1.30 bits per heavy atom. The zero-order valence-corrected chi connectivity index (χ0v) is 15.0. The van der Waals surface area contributed by atoms with Gasteiger partial charge in [0.1, 0.15) is 5.75 Å². The van der Waals surface area contributed by atoms with Gasteiger partial charge in [0.15, 0.2) is 0 Å². The van der Waals surface area contributed by atoms with Crippen LogP contribution in [0.2, 0.25) is 0 Å². The average Bonchev–Trinajstić information content (AvgIpc) is 2.51. The number of carbonyl (C=O) groups excluding carboxylic acids is 1. The summed E-state index contributed by atoms with van der Waals surface area (Å²) < 4.78 is 5.56. The second-order valence-corrected chi connectivity index (χ2v) is 6.90. The van der Waals surface area contributed by atoms with E-state index in [0.717, 1.165) is 37.2 Å². The molecule has 0 aromatic heterocycles. The molecule has 23 heavy (non-hydrogen) atoms. The van der Waals surface area contributed by atoms with Crippen molar-refractivity contribution < 1.29 is 9.53 Å². The van der Waals surface area contributed by atoms with Crippen molar-refractivity contribution in [2.45, 2.75) is 58.9 Å². The molecular formula is C19H32N2O2.